The maximum Gasteiger partial charge on any atom is 0.305 e. The average molecular weight is 332 g/mol. The molecule has 1 aromatic carbocycles. The first-order valence-corrected chi connectivity index (χ1v) is 8.55. The van der Waals surface area contributed by atoms with Crippen molar-refractivity contribution < 1.29 is 19.4 Å². The number of nitrogens with zero attached hydrogens (tertiary/aromatic N) is 1. The van der Waals surface area contributed by atoms with E-state index < -0.39 is 11.5 Å². The number of anilines is 1. The predicted octanol–water partition coefficient (Wildman–Crippen LogP) is 2.04. The number of carbonyl (C=O) groups is 2. The Kier molecular flexibility index (Phi) is 5.04. The van der Waals surface area contributed by atoms with Crippen molar-refractivity contribution in [2.24, 2.45) is 0 Å². The molecular formula is C18H24N2O4. The number of hydrogen-bond acceptors (Lipinski definition) is 4. The van der Waals surface area contributed by atoms with Gasteiger partial charge in [0.1, 0.15) is 0 Å². The van der Waals surface area contributed by atoms with Crippen molar-refractivity contribution in [3.8, 4) is 0 Å². The smallest absolute Gasteiger partial charge is 0.305 e. The van der Waals surface area contributed by atoms with Crippen molar-refractivity contribution in [1.82, 2.24) is 5.32 Å². The van der Waals surface area contributed by atoms with E-state index in [0.29, 0.717) is 5.56 Å². The maximum atomic E-state index is 12.5. The molecule has 6 nitrogen and oxygen atoms in total. The Balaban J connectivity index is 1.67. The topological polar surface area (TPSA) is 78.9 Å². The number of rotatable bonds is 5. The van der Waals surface area contributed by atoms with Gasteiger partial charge in [0.05, 0.1) is 25.2 Å². The van der Waals surface area contributed by atoms with Crippen molar-refractivity contribution in [2.45, 2.75) is 37.6 Å². The van der Waals surface area contributed by atoms with Gasteiger partial charge in [0.2, 0.25) is 0 Å². The Labute approximate surface area is 141 Å². The fraction of sp³-hybridized carbons (Fsp3) is 0.556. The molecule has 1 saturated heterocycles. The fourth-order valence-corrected chi connectivity index (χ4v) is 3.65. The van der Waals surface area contributed by atoms with Gasteiger partial charge in [0.15, 0.2) is 0 Å². The van der Waals surface area contributed by atoms with Crippen molar-refractivity contribution in [1.29, 1.82) is 0 Å². The number of nitrogens with one attached hydrogen (secondary N) is 1. The van der Waals surface area contributed by atoms with E-state index in [1.165, 1.54) is 0 Å². The lowest BCUT2D eigenvalue weighted by atomic mass is 9.92. The molecule has 24 heavy (non-hydrogen) atoms. The molecule has 2 fully saturated rings. The molecule has 130 valence electrons. The second kappa shape index (κ2) is 7.21. The van der Waals surface area contributed by atoms with Gasteiger partial charge in [-0.05, 0) is 37.1 Å². The lowest BCUT2D eigenvalue weighted by Gasteiger charge is -2.30. The molecule has 1 aliphatic carbocycles. The van der Waals surface area contributed by atoms with Crippen LogP contribution in [0.1, 0.15) is 42.5 Å². The van der Waals surface area contributed by atoms with Crippen LogP contribution in [-0.4, -0.2) is 48.8 Å². The minimum Gasteiger partial charge on any atom is -0.481 e. The lowest BCUT2D eigenvalue weighted by Crippen LogP contribution is -2.47. The van der Waals surface area contributed by atoms with E-state index in [2.05, 4.69) is 10.2 Å². The summed E-state index contributed by atoms with van der Waals surface area (Å²) >= 11 is 0. The van der Waals surface area contributed by atoms with E-state index in [9.17, 15) is 9.59 Å². The van der Waals surface area contributed by atoms with Crippen molar-refractivity contribution in [3.05, 3.63) is 29.8 Å². The van der Waals surface area contributed by atoms with Gasteiger partial charge in [-0.15, -0.1) is 0 Å². The number of carbonyl (C=O) groups excluding carboxylic acids is 1. The van der Waals surface area contributed by atoms with E-state index in [-0.39, 0.29) is 12.3 Å². The minimum atomic E-state index is -0.861. The number of ether oxygens (including phenoxy) is 1. The molecule has 0 aromatic heterocycles. The third kappa shape index (κ3) is 3.87. The Bertz CT molecular complexity index is 588. The summed E-state index contributed by atoms with van der Waals surface area (Å²) in [5.41, 5.74) is 1.06. The highest BCUT2D eigenvalue weighted by Crippen LogP contribution is 2.33. The van der Waals surface area contributed by atoms with Crippen LogP contribution < -0.4 is 10.2 Å². The fourth-order valence-electron chi connectivity index (χ4n) is 3.65. The van der Waals surface area contributed by atoms with Crippen LogP contribution >= 0.6 is 0 Å². The molecule has 0 spiro atoms. The molecule has 1 amide bonds. The number of carboxylic acids is 1. The van der Waals surface area contributed by atoms with Crippen molar-refractivity contribution >= 4 is 17.6 Å². The Morgan fingerprint density at radius 3 is 2.33 bits per heavy atom. The van der Waals surface area contributed by atoms with E-state index in [1.54, 1.807) is 0 Å². The van der Waals surface area contributed by atoms with Crippen molar-refractivity contribution in [3.63, 3.8) is 0 Å². The third-order valence-electron chi connectivity index (χ3n) is 4.93. The van der Waals surface area contributed by atoms with E-state index in [1.807, 2.05) is 24.3 Å². The Morgan fingerprint density at radius 1 is 1.12 bits per heavy atom. The number of hydrogen-bond donors (Lipinski definition) is 2. The largest absolute Gasteiger partial charge is 0.481 e. The van der Waals surface area contributed by atoms with Gasteiger partial charge >= 0.3 is 5.97 Å². The highest BCUT2D eigenvalue weighted by molar-refractivity contribution is 5.95. The summed E-state index contributed by atoms with van der Waals surface area (Å²) < 4.78 is 5.35. The van der Waals surface area contributed by atoms with Crippen LogP contribution in [0, 0.1) is 0 Å². The summed E-state index contributed by atoms with van der Waals surface area (Å²) in [6, 6.07) is 7.50. The molecule has 1 heterocycles. The normalized spacial score (nSPS) is 19.9. The third-order valence-corrected chi connectivity index (χ3v) is 4.93. The molecule has 3 rings (SSSR count). The predicted molar refractivity (Wildman–Crippen MR) is 90.4 cm³/mol. The van der Waals surface area contributed by atoms with Gasteiger partial charge < -0.3 is 20.1 Å². The molecule has 0 radical (unpaired) electrons. The average Bonchev–Trinajstić information content (AvgIpc) is 3.03. The van der Waals surface area contributed by atoms with Gasteiger partial charge in [0.25, 0.3) is 5.91 Å². The summed E-state index contributed by atoms with van der Waals surface area (Å²) in [5.74, 6) is -1.05. The van der Waals surface area contributed by atoms with Gasteiger partial charge in [-0.2, -0.15) is 0 Å². The first-order chi connectivity index (χ1) is 11.6. The van der Waals surface area contributed by atoms with Crippen LogP contribution in [0.4, 0.5) is 5.69 Å². The summed E-state index contributed by atoms with van der Waals surface area (Å²) in [5, 5.41) is 12.1. The SMILES string of the molecule is O=C(O)CC1(NC(=O)c2ccc(N3CCOCC3)cc2)CCCC1. The van der Waals surface area contributed by atoms with E-state index in [4.69, 9.17) is 9.84 Å². The van der Waals surface area contributed by atoms with Gasteiger partial charge in [0, 0.05) is 24.3 Å². The summed E-state index contributed by atoms with van der Waals surface area (Å²) in [6.07, 6.45) is 3.38. The lowest BCUT2D eigenvalue weighted by molar-refractivity contribution is -0.138. The minimum absolute atomic E-state index is 0.00932. The number of aliphatic carboxylic acids is 1. The number of amides is 1. The molecule has 1 saturated carbocycles. The first-order valence-electron chi connectivity index (χ1n) is 8.55. The molecule has 2 aliphatic rings. The standard InChI is InChI=1S/C18H24N2O4/c21-16(22)13-18(7-1-2-8-18)19-17(23)14-3-5-15(6-4-14)20-9-11-24-12-10-20/h3-6H,1-2,7-13H2,(H,19,23)(H,21,22). The zero-order valence-corrected chi connectivity index (χ0v) is 13.8. The van der Waals surface area contributed by atoms with Crippen LogP contribution in [0.3, 0.4) is 0 Å². The molecular weight excluding hydrogens is 308 g/mol. The summed E-state index contributed by atoms with van der Waals surface area (Å²) in [7, 11) is 0. The van der Waals surface area contributed by atoms with Gasteiger partial charge in [-0.1, -0.05) is 12.8 Å². The molecule has 6 heteroatoms. The number of morpholine rings is 1. The number of carboxylic acid groups (broad SMARTS) is 1. The van der Waals surface area contributed by atoms with Crippen LogP contribution in [0.2, 0.25) is 0 Å². The Morgan fingerprint density at radius 2 is 1.75 bits per heavy atom. The van der Waals surface area contributed by atoms with Crippen molar-refractivity contribution in [2.75, 3.05) is 31.2 Å². The van der Waals surface area contributed by atoms with Gasteiger partial charge in [-0.3, -0.25) is 9.59 Å². The zero-order valence-electron chi connectivity index (χ0n) is 13.8. The molecule has 1 aromatic rings. The summed E-state index contributed by atoms with van der Waals surface area (Å²) in [6.45, 7) is 3.15. The molecule has 0 unspecified atom stereocenters. The highest BCUT2D eigenvalue weighted by atomic mass is 16.5. The molecule has 2 N–H and O–H groups in total. The monoisotopic (exact) mass is 332 g/mol. The highest BCUT2D eigenvalue weighted by Gasteiger charge is 2.37. The zero-order chi connectivity index (χ0) is 17.0. The van der Waals surface area contributed by atoms with Crippen LogP contribution in [-0.2, 0) is 9.53 Å². The number of benzene rings is 1. The molecule has 0 bridgehead atoms. The maximum absolute atomic E-state index is 12.5. The second-order valence-corrected chi connectivity index (χ2v) is 6.66. The molecule has 0 atom stereocenters. The quantitative estimate of drug-likeness (QED) is 0.863. The van der Waals surface area contributed by atoms with Crippen LogP contribution in [0.25, 0.3) is 0 Å². The van der Waals surface area contributed by atoms with Gasteiger partial charge in [-0.25, -0.2) is 0 Å². The first kappa shape index (κ1) is 16.8. The van der Waals surface area contributed by atoms with Crippen LogP contribution in [0.5, 0.6) is 0 Å². The second-order valence-electron chi connectivity index (χ2n) is 6.66. The van der Waals surface area contributed by atoms with E-state index >= 15 is 0 Å². The Hall–Kier alpha value is -2.08. The van der Waals surface area contributed by atoms with Crippen LogP contribution in [0.15, 0.2) is 24.3 Å². The summed E-state index contributed by atoms with van der Waals surface area (Å²) in [4.78, 5) is 25.9. The molecule has 1 aliphatic heterocycles. The van der Waals surface area contributed by atoms with E-state index in [0.717, 1.165) is 57.7 Å².